The smallest absolute Gasteiger partial charge is 0.337 e. The highest BCUT2D eigenvalue weighted by molar-refractivity contribution is 5.74. The number of carbonyl (C=O) groups excluding carboxylic acids is 1. The van der Waals surface area contributed by atoms with Crippen LogP contribution in [0.2, 0.25) is 0 Å². The monoisotopic (exact) mass is 224 g/mol. The molecule has 1 aromatic carbocycles. The Morgan fingerprint density at radius 1 is 1.25 bits per heavy atom. The van der Waals surface area contributed by atoms with Gasteiger partial charge >= 0.3 is 11.9 Å². The summed E-state index contributed by atoms with van der Waals surface area (Å²) in [6.07, 6.45) is -1.01. The normalized spacial score (nSPS) is 11.9. The molecule has 0 aliphatic carbocycles. The Morgan fingerprint density at radius 2 is 1.81 bits per heavy atom. The number of hydrogen-bond donors (Lipinski definition) is 1. The number of benzene rings is 1. The summed E-state index contributed by atoms with van der Waals surface area (Å²) in [4.78, 5) is 21.4. The summed E-state index contributed by atoms with van der Waals surface area (Å²) >= 11 is 0. The highest BCUT2D eigenvalue weighted by Gasteiger charge is 2.18. The van der Waals surface area contributed by atoms with Crippen LogP contribution in [0.3, 0.4) is 0 Å². The van der Waals surface area contributed by atoms with Crippen molar-refractivity contribution >= 4 is 11.9 Å². The van der Waals surface area contributed by atoms with E-state index < -0.39 is 18.0 Å². The van der Waals surface area contributed by atoms with E-state index in [1.165, 1.54) is 26.2 Å². The molecular formula is C11H12O5. The predicted molar refractivity (Wildman–Crippen MR) is 55.1 cm³/mol. The lowest BCUT2D eigenvalue weighted by atomic mass is 10.1. The van der Waals surface area contributed by atoms with E-state index in [1.54, 1.807) is 12.1 Å². The van der Waals surface area contributed by atoms with Crippen LogP contribution in [-0.2, 0) is 14.3 Å². The molecule has 0 heterocycles. The molecule has 86 valence electrons. The van der Waals surface area contributed by atoms with Crippen LogP contribution in [0.5, 0.6) is 5.75 Å². The van der Waals surface area contributed by atoms with Gasteiger partial charge < -0.3 is 14.6 Å². The van der Waals surface area contributed by atoms with Crippen LogP contribution >= 0.6 is 0 Å². The first-order valence-corrected chi connectivity index (χ1v) is 4.58. The quantitative estimate of drug-likeness (QED) is 0.618. The standard InChI is InChI=1S/C11H12O5/c1-7(12)16-9-5-3-8(4-6-9)10(15-2)11(13)14/h3-6,10H,1-2H3,(H,13,14). The van der Waals surface area contributed by atoms with Crippen molar-refractivity contribution in [3.8, 4) is 5.75 Å². The first-order chi connectivity index (χ1) is 7.54. The third-order valence-corrected chi connectivity index (χ3v) is 1.90. The number of rotatable bonds is 4. The molecule has 0 amide bonds. The molecule has 0 saturated carbocycles. The molecule has 0 saturated heterocycles. The van der Waals surface area contributed by atoms with Gasteiger partial charge in [0.2, 0.25) is 0 Å². The number of ether oxygens (including phenoxy) is 2. The summed E-state index contributed by atoms with van der Waals surface area (Å²) < 4.78 is 9.63. The lowest BCUT2D eigenvalue weighted by Gasteiger charge is -2.10. The van der Waals surface area contributed by atoms with Crippen LogP contribution in [0.25, 0.3) is 0 Å². The molecule has 1 atom stereocenters. The van der Waals surface area contributed by atoms with Crippen LogP contribution in [0.4, 0.5) is 0 Å². The van der Waals surface area contributed by atoms with Gasteiger partial charge in [0.15, 0.2) is 6.10 Å². The van der Waals surface area contributed by atoms with Crippen LogP contribution in [0.1, 0.15) is 18.6 Å². The van der Waals surface area contributed by atoms with E-state index in [-0.39, 0.29) is 0 Å². The lowest BCUT2D eigenvalue weighted by molar-refractivity contribution is -0.148. The fourth-order valence-electron chi connectivity index (χ4n) is 1.26. The Hall–Kier alpha value is -1.88. The summed E-state index contributed by atoms with van der Waals surface area (Å²) in [5.74, 6) is -1.12. The van der Waals surface area contributed by atoms with Crippen molar-refractivity contribution in [1.82, 2.24) is 0 Å². The molecule has 5 heteroatoms. The highest BCUT2D eigenvalue weighted by atomic mass is 16.5. The zero-order valence-electron chi connectivity index (χ0n) is 8.97. The third-order valence-electron chi connectivity index (χ3n) is 1.90. The molecule has 5 nitrogen and oxygen atoms in total. The second kappa shape index (κ2) is 5.27. The van der Waals surface area contributed by atoms with Crippen LogP contribution < -0.4 is 4.74 Å². The van der Waals surface area contributed by atoms with Crippen molar-refractivity contribution in [3.63, 3.8) is 0 Å². The predicted octanol–water partition coefficient (Wildman–Crippen LogP) is 1.38. The highest BCUT2D eigenvalue weighted by Crippen LogP contribution is 2.20. The zero-order chi connectivity index (χ0) is 12.1. The number of carbonyl (C=O) groups is 2. The zero-order valence-corrected chi connectivity index (χ0v) is 8.97. The van der Waals surface area contributed by atoms with Crippen LogP contribution in [0, 0.1) is 0 Å². The molecule has 0 radical (unpaired) electrons. The number of esters is 1. The molecule has 0 aliphatic rings. The van der Waals surface area contributed by atoms with Crippen molar-refractivity contribution in [2.75, 3.05) is 7.11 Å². The van der Waals surface area contributed by atoms with Crippen molar-refractivity contribution < 1.29 is 24.2 Å². The first kappa shape index (κ1) is 12.2. The molecule has 1 aromatic rings. The summed E-state index contributed by atoms with van der Waals surface area (Å²) in [5, 5.41) is 8.83. The van der Waals surface area contributed by atoms with Crippen molar-refractivity contribution in [1.29, 1.82) is 0 Å². The minimum Gasteiger partial charge on any atom is -0.479 e. The maximum Gasteiger partial charge on any atom is 0.337 e. The SMILES string of the molecule is COC(C(=O)O)c1ccc(OC(C)=O)cc1. The van der Waals surface area contributed by atoms with Gasteiger partial charge in [0, 0.05) is 14.0 Å². The van der Waals surface area contributed by atoms with Crippen molar-refractivity contribution in [2.45, 2.75) is 13.0 Å². The van der Waals surface area contributed by atoms with E-state index in [1.807, 2.05) is 0 Å². The van der Waals surface area contributed by atoms with Gasteiger partial charge in [-0.15, -0.1) is 0 Å². The van der Waals surface area contributed by atoms with E-state index in [2.05, 4.69) is 0 Å². The minimum absolute atomic E-state index is 0.372. The Balaban J connectivity index is 2.85. The van der Waals surface area contributed by atoms with Gasteiger partial charge in [-0.1, -0.05) is 12.1 Å². The maximum atomic E-state index is 10.8. The van der Waals surface area contributed by atoms with E-state index in [0.29, 0.717) is 11.3 Å². The van der Waals surface area contributed by atoms with Crippen LogP contribution in [0.15, 0.2) is 24.3 Å². The Bertz CT molecular complexity index is 382. The maximum absolute atomic E-state index is 10.8. The summed E-state index contributed by atoms with van der Waals surface area (Å²) in [6.45, 7) is 1.29. The number of carboxylic acids is 1. The Labute approximate surface area is 92.6 Å². The van der Waals surface area contributed by atoms with Crippen molar-refractivity contribution in [2.24, 2.45) is 0 Å². The summed E-state index contributed by atoms with van der Waals surface area (Å²) in [7, 11) is 1.32. The third kappa shape index (κ3) is 3.06. The minimum atomic E-state index is -1.07. The second-order valence-electron chi connectivity index (χ2n) is 3.12. The van der Waals surface area contributed by atoms with E-state index in [9.17, 15) is 9.59 Å². The fraction of sp³-hybridized carbons (Fsp3) is 0.273. The van der Waals surface area contributed by atoms with Gasteiger partial charge in [-0.2, -0.15) is 0 Å². The molecule has 0 spiro atoms. The van der Waals surface area contributed by atoms with Crippen molar-refractivity contribution in [3.05, 3.63) is 29.8 Å². The number of aliphatic carboxylic acids is 1. The second-order valence-corrected chi connectivity index (χ2v) is 3.12. The molecule has 0 aromatic heterocycles. The molecule has 16 heavy (non-hydrogen) atoms. The Morgan fingerprint density at radius 3 is 2.19 bits per heavy atom. The number of carboxylic acid groups (broad SMARTS) is 1. The van der Waals surface area contributed by atoms with E-state index in [4.69, 9.17) is 14.6 Å². The van der Waals surface area contributed by atoms with Crippen LogP contribution in [-0.4, -0.2) is 24.2 Å². The average molecular weight is 224 g/mol. The first-order valence-electron chi connectivity index (χ1n) is 4.58. The van der Waals surface area contributed by atoms with E-state index in [0.717, 1.165) is 0 Å². The van der Waals surface area contributed by atoms with Gasteiger partial charge in [0.25, 0.3) is 0 Å². The van der Waals surface area contributed by atoms with Gasteiger partial charge in [-0.3, -0.25) is 4.79 Å². The van der Waals surface area contributed by atoms with Gasteiger partial charge in [-0.05, 0) is 17.7 Å². The number of hydrogen-bond acceptors (Lipinski definition) is 4. The number of methoxy groups -OCH3 is 1. The van der Waals surface area contributed by atoms with Gasteiger partial charge in [0.05, 0.1) is 0 Å². The largest absolute Gasteiger partial charge is 0.479 e. The lowest BCUT2D eigenvalue weighted by Crippen LogP contribution is -2.13. The van der Waals surface area contributed by atoms with E-state index >= 15 is 0 Å². The fourth-order valence-corrected chi connectivity index (χ4v) is 1.26. The molecular weight excluding hydrogens is 212 g/mol. The molecule has 0 fully saturated rings. The summed E-state index contributed by atoms with van der Waals surface area (Å²) in [5.41, 5.74) is 0.492. The summed E-state index contributed by atoms with van der Waals surface area (Å²) in [6, 6.07) is 6.12. The molecule has 0 bridgehead atoms. The molecule has 1 N–H and O–H groups in total. The Kier molecular flexibility index (Phi) is 4.02. The molecule has 1 unspecified atom stereocenters. The van der Waals surface area contributed by atoms with Gasteiger partial charge in [-0.25, -0.2) is 4.79 Å². The van der Waals surface area contributed by atoms with Gasteiger partial charge in [0.1, 0.15) is 5.75 Å². The molecule has 0 aliphatic heterocycles. The molecule has 1 rings (SSSR count). The topological polar surface area (TPSA) is 72.8 Å². The average Bonchev–Trinajstić information content (AvgIpc) is 2.20.